The van der Waals surface area contributed by atoms with Gasteiger partial charge in [-0.3, -0.25) is 19.1 Å². The summed E-state index contributed by atoms with van der Waals surface area (Å²) in [5.41, 5.74) is 0.576. The Labute approximate surface area is 181 Å². The normalized spacial score (nSPS) is 22.7. The van der Waals surface area contributed by atoms with Gasteiger partial charge in [-0.2, -0.15) is 0 Å². The number of H-pyrrole nitrogens is 1. The summed E-state index contributed by atoms with van der Waals surface area (Å²) in [6, 6.07) is 9.81. The first-order chi connectivity index (χ1) is 14.3. The smallest absolute Gasteiger partial charge is 0.303 e. The molecule has 2 aromatic rings. The number of aromatic amines is 1. The topological polar surface area (TPSA) is 82.5 Å². The molecule has 0 saturated carbocycles. The molecule has 0 aliphatic carbocycles. The average Bonchev–Trinajstić information content (AvgIpc) is 3.03. The number of aryl methyl sites for hydroxylation is 1. The number of rotatable bonds is 7. The fourth-order valence-electron chi connectivity index (χ4n) is 3.95. The van der Waals surface area contributed by atoms with Crippen molar-refractivity contribution in [1.82, 2.24) is 9.55 Å². The molecular weight excluding hydrogens is 404 g/mol. The van der Waals surface area contributed by atoms with Gasteiger partial charge in [0.25, 0.3) is 5.56 Å². The minimum Gasteiger partial charge on any atom is -0.455 e. The second kappa shape index (κ2) is 9.24. The number of nitrogens with one attached hydrogen (secondary N) is 1. The van der Waals surface area contributed by atoms with Crippen LogP contribution in [0.4, 0.5) is 0 Å². The van der Waals surface area contributed by atoms with Crippen LogP contribution in [0, 0.1) is 11.7 Å². The molecule has 1 aromatic heterocycles. The van der Waals surface area contributed by atoms with E-state index in [1.165, 1.54) is 6.92 Å². The van der Waals surface area contributed by atoms with Crippen molar-refractivity contribution in [2.75, 3.05) is 0 Å². The van der Waals surface area contributed by atoms with Crippen molar-refractivity contribution in [2.24, 2.45) is 0 Å². The van der Waals surface area contributed by atoms with E-state index in [-0.39, 0.29) is 10.3 Å². The van der Waals surface area contributed by atoms with Crippen molar-refractivity contribution >= 4 is 18.2 Å². The monoisotopic (exact) mass is 432 g/mol. The van der Waals surface area contributed by atoms with Gasteiger partial charge in [0.05, 0.1) is 6.61 Å². The first kappa shape index (κ1) is 22.4. The molecule has 3 rings (SSSR count). The van der Waals surface area contributed by atoms with Crippen molar-refractivity contribution in [3.05, 3.63) is 62.8 Å². The number of carbonyl (C=O) groups is 1. The van der Waals surface area contributed by atoms with Crippen LogP contribution in [0.3, 0.4) is 0 Å². The van der Waals surface area contributed by atoms with Gasteiger partial charge in [-0.15, -0.1) is 0 Å². The number of hydrogen-bond donors (Lipinski definition) is 1. The van der Waals surface area contributed by atoms with Crippen LogP contribution in [-0.2, 0) is 25.6 Å². The second-order valence-electron chi connectivity index (χ2n) is 7.55. The molecule has 1 aliphatic rings. The summed E-state index contributed by atoms with van der Waals surface area (Å²) in [6.07, 6.45) is 1.02. The molecule has 30 heavy (non-hydrogen) atoms. The number of ether oxygens (including phenoxy) is 3. The molecular formula is C22H28N2O5S. The van der Waals surface area contributed by atoms with E-state index >= 15 is 0 Å². The zero-order valence-corrected chi connectivity index (χ0v) is 18.5. The summed E-state index contributed by atoms with van der Waals surface area (Å²) in [6.45, 7) is 7.45. The lowest BCUT2D eigenvalue weighted by molar-refractivity contribution is -0.158. The van der Waals surface area contributed by atoms with E-state index in [4.69, 9.17) is 26.4 Å². The molecule has 0 amide bonds. The lowest BCUT2D eigenvalue weighted by Crippen LogP contribution is -2.45. The largest absolute Gasteiger partial charge is 0.455 e. The SMILES string of the molecule is CCC1(CC)O[C@@H](n2cc(C)c(=O)[nH]c2=S)[C@@H](OC(C)=O)C1OCc1ccccc1. The van der Waals surface area contributed by atoms with Crippen molar-refractivity contribution in [1.29, 1.82) is 0 Å². The Bertz CT molecular complexity index is 997. The van der Waals surface area contributed by atoms with Gasteiger partial charge in [0, 0.05) is 18.7 Å². The van der Waals surface area contributed by atoms with Crippen molar-refractivity contribution in [3.63, 3.8) is 0 Å². The van der Waals surface area contributed by atoms with Crippen LogP contribution in [-0.4, -0.2) is 33.3 Å². The highest BCUT2D eigenvalue weighted by atomic mass is 32.1. The highest BCUT2D eigenvalue weighted by molar-refractivity contribution is 7.71. The third-order valence-corrected chi connectivity index (χ3v) is 5.96. The fraction of sp³-hybridized carbons (Fsp3) is 0.500. The van der Waals surface area contributed by atoms with E-state index in [9.17, 15) is 9.59 Å². The maximum Gasteiger partial charge on any atom is 0.303 e. The molecule has 3 atom stereocenters. The Balaban J connectivity index is 2.03. The number of benzene rings is 1. The summed E-state index contributed by atoms with van der Waals surface area (Å²) in [5.74, 6) is -0.433. The Hall–Kier alpha value is -2.29. The minimum absolute atomic E-state index is 0.206. The average molecular weight is 433 g/mol. The second-order valence-corrected chi connectivity index (χ2v) is 7.94. The molecule has 0 bridgehead atoms. The quantitative estimate of drug-likeness (QED) is 0.529. The summed E-state index contributed by atoms with van der Waals surface area (Å²) in [7, 11) is 0. The predicted molar refractivity (Wildman–Crippen MR) is 115 cm³/mol. The Morgan fingerprint density at radius 3 is 2.53 bits per heavy atom. The summed E-state index contributed by atoms with van der Waals surface area (Å²) in [5, 5.41) is 0. The molecule has 8 heteroatoms. The van der Waals surface area contributed by atoms with Crippen molar-refractivity contribution in [3.8, 4) is 0 Å². The van der Waals surface area contributed by atoms with Gasteiger partial charge in [0.2, 0.25) is 0 Å². The Kier molecular flexibility index (Phi) is 6.90. The van der Waals surface area contributed by atoms with Gasteiger partial charge in [0.1, 0.15) is 11.7 Å². The van der Waals surface area contributed by atoms with Crippen molar-refractivity contribution < 1.29 is 19.0 Å². The maximum absolute atomic E-state index is 12.0. The van der Waals surface area contributed by atoms with E-state index in [0.717, 1.165) is 5.56 Å². The van der Waals surface area contributed by atoms with E-state index in [1.54, 1.807) is 17.7 Å². The molecule has 1 saturated heterocycles. The number of nitrogens with zero attached hydrogens (tertiary/aromatic N) is 1. The van der Waals surface area contributed by atoms with Crippen LogP contribution >= 0.6 is 12.2 Å². The Morgan fingerprint density at radius 2 is 1.93 bits per heavy atom. The standard InChI is InChI=1S/C22H28N2O5S/c1-5-22(6-2)18(27-13-16-10-8-7-9-11-16)17(28-15(4)25)20(29-22)24-12-14(3)19(26)23-21(24)30/h7-12,17-18,20H,5-6,13H2,1-4H3,(H,23,26,30)/t17-,18?,20+/m0/s1. The highest BCUT2D eigenvalue weighted by Gasteiger charge is 2.56. The molecule has 7 nitrogen and oxygen atoms in total. The van der Waals surface area contributed by atoms with Gasteiger partial charge >= 0.3 is 5.97 Å². The number of hydrogen-bond acceptors (Lipinski definition) is 6. The van der Waals surface area contributed by atoms with E-state index in [1.807, 2.05) is 44.2 Å². The van der Waals surface area contributed by atoms with E-state index in [0.29, 0.717) is 25.0 Å². The number of carbonyl (C=O) groups excluding carboxylic acids is 1. The fourth-order valence-corrected chi connectivity index (χ4v) is 4.20. The van der Waals surface area contributed by atoms with Crippen LogP contribution in [0.5, 0.6) is 0 Å². The molecule has 1 unspecified atom stereocenters. The summed E-state index contributed by atoms with van der Waals surface area (Å²) >= 11 is 5.38. The zero-order valence-electron chi connectivity index (χ0n) is 17.7. The number of aromatic nitrogens is 2. The van der Waals surface area contributed by atoms with Gasteiger partial charge < -0.3 is 14.2 Å². The molecule has 1 aliphatic heterocycles. The van der Waals surface area contributed by atoms with Crippen LogP contribution in [0.25, 0.3) is 0 Å². The molecule has 162 valence electrons. The third kappa shape index (κ3) is 4.40. The van der Waals surface area contributed by atoms with Crippen LogP contribution in [0.2, 0.25) is 0 Å². The first-order valence-electron chi connectivity index (χ1n) is 10.1. The summed E-state index contributed by atoms with van der Waals surface area (Å²) < 4.78 is 20.4. The molecule has 1 aromatic carbocycles. The maximum atomic E-state index is 12.0. The van der Waals surface area contributed by atoms with Gasteiger partial charge in [-0.1, -0.05) is 44.2 Å². The van der Waals surface area contributed by atoms with Gasteiger partial charge in [0.15, 0.2) is 17.1 Å². The molecule has 0 radical (unpaired) electrons. The van der Waals surface area contributed by atoms with Gasteiger partial charge in [-0.25, -0.2) is 0 Å². The summed E-state index contributed by atoms with van der Waals surface area (Å²) in [4.78, 5) is 26.6. The first-order valence-corrected chi connectivity index (χ1v) is 10.5. The van der Waals surface area contributed by atoms with Crippen LogP contribution in [0.1, 0.15) is 51.0 Å². The van der Waals surface area contributed by atoms with Gasteiger partial charge in [-0.05, 0) is 37.5 Å². The highest BCUT2D eigenvalue weighted by Crippen LogP contribution is 2.45. The van der Waals surface area contributed by atoms with Crippen LogP contribution < -0.4 is 5.56 Å². The van der Waals surface area contributed by atoms with E-state index < -0.39 is 30.0 Å². The zero-order chi connectivity index (χ0) is 21.9. The predicted octanol–water partition coefficient (Wildman–Crippen LogP) is 3.82. The van der Waals surface area contributed by atoms with Crippen molar-refractivity contribution in [2.45, 2.75) is 71.2 Å². The minimum atomic E-state index is -0.719. The molecule has 2 heterocycles. The lowest BCUT2D eigenvalue weighted by atomic mass is 9.89. The molecule has 1 fully saturated rings. The van der Waals surface area contributed by atoms with Crippen LogP contribution in [0.15, 0.2) is 41.3 Å². The molecule has 0 spiro atoms. The number of esters is 1. The third-order valence-electron chi connectivity index (χ3n) is 5.64. The Morgan fingerprint density at radius 1 is 1.27 bits per heavy atom. The van der Waals surface area contributed by atoms with E-state index in [2.05, 4.69) is 4.98 Å². The lowest BCUT2D eigenvalue weighted by Gasteiger charge is -2.33. The molecule has 1 N–H and O–H groups in total.